The summed E-state index contributed by atoms with van der Waals surface area (Å²) in [6, 6.07) is 11.4. The third-order valence-electron chi connectivity index (χ3n) is 3.75. The number of carbonyl (C=O) groups excluding carboxylic acids is 2. The van der Waals surface area contributed by atoms with E-state index in [0.29, 0.717) is 4.88 Å². The summed E-state index contributed by atoms with van der Waals surface area (Å²) in [5.74, 6) is -1.09. The molecule has 0 saturated heterocycles. The highest BCUT2D eigenvalue weighted by Crippen LogP contribution is 2.25. The first-order chi connectivity index (χ1) is 10.9. The lowest BCUT2D eigenvalue weighted by atomic mass is 9.90. The van der Waals surface area contributed by atoms with E-state index in [1.165, 1.54) is 11.3 Å². The number of rotatable bonds is 5. The summed E-state index contributed by atoms with van der Waals surface area (Å²) in [4.78, 5) is 24.4. The molecule has 0 aliphatic heterocycles. The number of nitriles is 1. The number of nitrogens with zero attached hydrogens (tertiary/aromatic N) is 1. The molecule has 23 heavy (non-hydrogen) atoms. The molecule has 1 amide bonds. The number of hydrogen-bond donors (Lipinski definition) is 1. The van der Waals surface area contributed by atoms with Crippen LogP contribution in [0.5, 0.6) is 0 Å². The molecule has 1 atom stereocenters. The molecule has 2 rings (SSSR count). The van der Waals surface area contributed by atoms with Crippen LogP contribution in [0.15, 0.2) is 30.3 Å². The van der Waals surface area contributed by atoms with Crippen LogP contribution in [0, 0.1) is 17.2 Å². The number of amides is 1. The van der Waals surface area contributed by atoms with Crippen LogP contribution in [0.1, 0.15) is 30.4 Å². The Bertz CT molecular complexity index is 742. The largest absolute Gasteiger partial charge is 0.451 e. The van der Waals surface area contributed by atoms with Gasteiger partial charge in [-0.1, -0.05) is 32.0 Å². The molecule has 0 spiro atoms. The van der Waals surface area contributed by atoms with E-state index >= 15 is 0 Å². The molecule has 6 heteroatoms. The van der Waals surface area contributed by atoms with Crippen LogP contribution in [-0.2, 0) is 9.53 Å². The molecule has 0 aliphatic carbocycles. The fraction of sp³-hybridized carbons (Fsp3) is 0.353. The Morgan fingerprint density at radius 1 is 1.39 bits per heavy atom. The molecular weight excluding hydrogens is 312 g/mol. The first-order valence-corrected chi connectivity index (χ1v) is 8.05. The van der Waals surface area contributed by atoms with E-state index in [2.05, 4.69) is 11.4 Å². The van der Waals surface area contributed by atoms with Crippen molar-refractivity contribution in [2.75, 3.05) is 6.61 Å². The maximum Gasteiger partial charge on any atom is 0.348 e. The molecule has 0 bridgehead atoms. The Labute approximate surface area is 138 Å². The SMILES string of the molecule is CC(C)[C@@](C)(C#N)NC(=O)COC(=O)c1cc2ccccc2s1. The van der Waals surface area contributed by atoms with E-state index < -0.39 is 24.0 Å². The lowest BCUT2D eigenvalue weighted by Crippen LogP contribution is -2.50. The van der Waals surface area contributed by atoms with Crippen molar-refractivity contribution in [3.8, 4) is 6.07 Å². The number of ether oxygens (including phenoxy) is 1. The molecule has 0 radical (unpaired) electrons. The molecule has 1 aromatic carbocycles. The number of esters is 1. The summed E-state index contributed by atoms with van der Waals surface area (Å²) in [7, 11) is 0. The Morgan fingerprint density at radius 3 is 2.70 bits per heavy atom. The van der Waals surface area contributed by atoms with E-state index in [-0.39, 0.29) is 5.92 Å². The number of thiophene rings is 1. The molecule has 1 aromatic heterocycles. The average Bonchev–Trinajstić information content (AvgIpc) is 2.96. The first kappa shape index (κ1) is 17.0. The van der Waals surface area contributed by atoms with Gasteiger partial charge in [-0.2, -0.15) is 5.26 Å². The predicted molar refractivity (Wildman–Crippen MR) is 89.1 cm³/mol. The molecule has 0 unspecified atom stereocenters. The van der Waals surface area contributed by atoms with Crippen molar-refractivity contribution in [3.63, 3.8) is 0 Å². The molecule has 1 heterocycles. The topological polar surface area (TPSA) is 79.2 Å². The van der Waals surface area contributed by atoms with Gasteiger partial charge in [-0.25, -0.2) is 4.79 Å². The van der Waals surface area contributed by atoms with Crippen molar-refractivity contribution in [1.29, 1.82) is 5.26 Å². The molecule has 120 valence electrons. The quantitative estimate of drug-likeness (QED) is 0.854. The molecule has 0 fully saturated rings. The van der Waals surface area contributed by atoms with Crippen molar-refractivity contribution >= 4 is 33.3 Å². The number of fused-ring (bicyclic) bond motifs is 1. The van der Waals surface area contributed by atoms with Gasteiger partial charge in [0.25, 0.3) is 5.91 Å². The van der Waals surface area contributed by atoms with Gasteiger partial charge in [-0.05, 0) is 30.4 Å². The maximum atomic E-state index is 12.0. The standard InChI is InChI=1S/C17H18N2O3S/c1-11(2)17(3,10-18)19-15(20)9-22-16(21)14-8-12-6-4-5-7-13(12)23-14/h4-8,11H,9H2,1-3H3,(H,19,20)/t17-/m1/s1. The Hall–Kier alpha value is -2.39. The number of hydrogen-bond acceptors (Lipinski definition) is 5. The fourth-order valence-electron chi connectivity index (χ4n) is 1.91. The minimum atomic E-state index is -0.985. The Kier molecular flexibility index (Phi) is 5.02. The summed E-state index contributed by atoms with van der Waals surface area (Å²) >= 11 is 1.32. The van der Waals surface area contributed by atoms with Gasteiger partial charge in [0, 0.05) is 4.70 Å². The molecule has 0 aliphatic rings. The Morgan fingerprint density at radius 2 is 2.09 bits per heavy atom. The normalized spacial score (nSPS) is 13.3. The zero-order valence-corrected chi connectivity index (χ0v) is 14.1. The van der Waals surface area contributed by atoms with Crippen LogP contribution < -0.4 is 5.32 Å². The van der Waals surface area contributed by atoms with Crippen LogP contribution in [0.3, 0.4) is 0 Å². The Balaban J connectivity index is 1.96. The van der Waals surface area contributed by atoms with Gasteiger partial charge in [-0.3, -0.25) is 4.79 Å². The van der Waals surface area contributed by atoms with Crippen molar-refractivity contribution in [3.05, 3.63) is 35.2 Å². The van der Waals surface area contributed by atoms with Crippen LogP contribution in [0.25, 0.3) is 10.1 Å². The van der Waals surface area contributed by atoms with E-state index in [9.17, 15) is 9.59 Å². The summed E-state index contributed by atoms with van der Waals surface area (Å²) in [5, 5.41) is 12.7. The predicted octanol–water partition coefficient (Wildman–Crippen LogP) is 3.11. The zero-order chi connectivity index (χ0) is 17.0. The number of benzene rings is 1. The third kappa shape index (κ3) is 3.88. The molecule has 1 N–H and O–H groups in total. The van der Waals surface area contributed by atoms with Crippen molar-refractivity contribution < 1.29 is 14.3 Å². The van der Waals surface area contributed by atoms with E-state index in [1.54, 1.807) is 13.0 Å². The summed E-state index contributed by atoms with van der Waals surface area (Å²) in [6.45, 7) is 4.92. The zero-order valence-electron chi connectivity index (χ0n) is 13.3. The van der Waals surface area contributed by atoms with E-state index in [4.69, 9.17) is 10.00 Å². The number of nitrogens with one attached hydrogen (secondary N) is 1. The fourth-order valence-corrected chi connectivity index (χ4v) is 2.87. The number of carbonyl (C=O) groups is 2. The second-order valence-electron chi connectivity index (χ2n) is 5.74. The van der Waals surface area contributed by atoms with Crippen LogP contribution in [-0.4, -0.2) is 24.0 Å². The monoisotopic (exact) mass is 330 g/mol. The minimum Gasteiger partial charge on any atom is -0.451 e. The second kappa shape index (κ2) is 6.80. The van der Waals surface area contributed by atoms with Crippen LogP contribution in [0.2, 0.25) is 0 Å². The average molecular weight is 330 g/mol. The highest BCUT2D eigenvalue weighted by molar-refractivity contribution is 7.20. The maximum absolute atomic E-state index is 12.0. The van der Waals surface area contributed by atoms with E-state index in [0.717, 1.165) is 10.1 Å². The van der Waals surface area contributed by atoms with Gasteiger partial charge < -0.3 is 10.1 Å². The van der Waals surface area contributed by atoms with Gasteiger partial charge in [-0.15, -0.1) is 11.3 Å². The highest BCUT2D eigenvalue weighted by Gasteiger charge is 2.30. The van der Waals surface area contributed by atoms with Crippen molar-refractivity contribution in [2.24, 2.45) is 5.92 Å². The smallest absolute Gasteiger partial charge is 0.348 e. The summed E-state index contributed by atoms with van der Waals surface area (Å²) in [5.41, 5.74) is -0.985. The molecule has 2 aromatic rings. The van der Waals surface area contributed by atoms with Crippen molar-refractivity contribution in [2.45, 2.75) is 26.3 Å². The third-order valence-corrected chi connectivity index (χ3v) is 4.84. The van der Waals surface area contributed by atoms with Gasteiger partial charge >= 0.3 is 5.97 Å². The highest BCUT2D eigenvalue weighted by atomic mass is 32.1. The first-order valence-electron chi connectivity index (χ1n) is 7.23. The van der Waals surface area contributed by atoms with Gasteiger partial charge in [0.05, 0.1) is 6.07 Å². The van der Waals surface area contributed by atoms with E-state index in [1.807, 2.05) is 38.1 Å². The molecule has 0 saturated carbocycles. The van der Waals surface area contributed by atoms with Gasteiger partial charge in [0.15, 0.2) is 6.61 Å². The minimum absolute atomic E-state index is 0.0604. The summed E-state index contributed by atoms with van der Waals surface area (Å²) < 4.78 is 6.03. The van der Waals surface area contributed by atoms with Crippen molar-refractivity contribution in [1.82, 2.24) is 5.32 Å². The summed E-state index contributed by atoms with van der Waals surface area (Å²) in [6.07, 6.45) is 0. The second-order valence-corrected chi connectivity index (χ2v) is 6.83. The van der Waals surface area contributed by atoms with Crippen LogP contribution >= 0.6 is 11.3 Å². The molecule has 5 nitrogen and oxygen atoms in total. The lowest BCUT2D eigenvalue weighted by Gasteiger charge is -2.27. The van der Waals surface area contributed by atoms with Crippen LogP contribution in [0.4, 0.5) is 0 Å². The molecular formula is C17H18N2O3S. The van der Waals surface area contributed by atoms with Gasteiger partial charge in [0.1, 0.15) is 10.4 Å². The lowest BCUT2D eigenvalue weighted by molar-refractivity contribution is -0.125. The van der Waals surface area contributed by atoms with Gasteiger partial charge in [0.2, 0.25) is 0 Å².